The summed E-state index contributed by atoms with van der Waals surface area (Å²) < 4.78 is 6.91. The fraction of sp³-hybridized carbons (Fsp3) is 0.105. The smallest absolute Gasteiger partial charge is 0.342 e. The molecule has 0 saturated heterocycles. The summed E-state index contributed by atoms with van der Waals surface area (Å²) in [6.07, 6.45) is 1.86. The summed E-state index contributed by atoms with van der Waals surface area (Å²) in [5.41, 5.74) is 7.22. The number of hydrogen-bond acceptors (Lipinski definition) is 4. The Hall–Kier alpha value is -3.41. The summed E-state index contributed by atoms with van der Waals surface area (Å²) in [5.74, 6) is -1.37. The third-order valence-electron chi connectivity index (χ3n) is 3.64. The maximum Gasteiger partial charge on any atom is 0.342 e. The molecule has 0 aliphatic carbocycles. The Morgan fingerprint density at radius 3 is 2.32 bits per heavy atom. The van der Waals surface area contributed by atoms with Crippen molar-refractivity contribution in [1.29, 1.82) is 0 Å². The molecule has 1 amide bonds. The standard InChI is InChI=1S/C19H17N3O3/c20-18(23)17(15-9-5-2-6-10-15)25-19(24)16-11-21-22(13-16)12-14-7-3-1-4-8-14/h1-11,13,17H,12H2,(H2,20,23). The Balaban J connectivity index is 1.71. The molecule has 0 aliphatic rings. The highest BCUT2D eigenvalue weighted by Gasteiger charge is 2.23. The second-order valence-corrected chi connectivity index (χ2v) is 5.51. The molecular formula is C19H17N3O3. The lowest BCUT2D eigenvalue weighted by atomic mass is 10.1. The van der Waals surface area contributed by atoms with Crippen molar-refractivity contribution in [3.05, 3.63) is 89.7 Å². The van der Waals surface area contributed by atoms with E-state index >= 15 is 0 Å². The Morgan fingerprint density at radius 2 is 1.68 bits per heavy atom. The number of carbonyl (C=O) groups is 2. The minimum Gasteiger partial charge on any atom is -0.444 e. The van der Waals surface area contributed by atoms with Gasteiger partial charge in [-0.2, -0.15) is 5.10 Å². The fourth-order valence-corrected chi connectivity index (χ4v) is 2.42. The zero-order valence-electron chi connectivity index (χ0n) is 13.4. The molecule has 0 fully saturated rings. The summed E-state index contributed by atoms with van der Waals surface area (Å²) in [6.45, 7) is 0.534. The Morgan fingerprint density at radius 1 is 1.04 bits per heavy atom. The minimum absolute atomic E-state index is 0.262. The van der Waals surface area contributed by atoms with Crippen LogP contribution in [0, 0.1) is 0 Å². The van der Waals surface area contributed by atoms with Crippen molar-refractivity contribution in [2.45, 2.75) is 12.6 Å². The van der Waals surface area contributed by atoms with E-state index in [9.17, 15) is 9.59 Å². The first-order valence-electron chi connectivity index (χ1n) is 7.75. The number of aromatic nitrogens is 2. The summed E-state index contributed by atoms with van der Waals surface area (Å²) in [6, 6.07) is 18.4. The molecule has 2 aromatic carbocycles. The van der Waals surface area contributed by atoms with Gasteiger partial charge in [-0.3, -0.25) is 9.48 Å². The van der Waals surface area contributed by atoms with Crippen molar-refractivity contribution >= 4 is 11.9 Å². The van der Waals surface area contributed by atoms with Gasteiger partial charge >= 0.3 is 5.97 Å². The number of benzene rings is 2. The summed E-state index contributed by atoms with van der Waals surface area (Å²) >= 11 is 0. The highest BCUT2D eigenvalue weighted by molar-refractivity contribution is 5.91. The molecule has 0 bridgehead atoms. The topological polar surface area (TPSA) is 87.2 Å². The average molecular weight is 335 g/mol. The minimum atomic E-state index is -1.13. The number of carbonyl (C=O) groups excluding carboxylic acids is 2. The van der Waals surface area contributed by atoms with E-state index in [0.29, 0.717) is 12.1 Å². The molecule has 25 heavy (non-hydrogen) atoms. The van der Waals surface area contributed by atoms with Gasteiger partial charge in [0, 0.05) is 11.8 Å². The van der Waals surface area contributed by atoms with Crippen molar-refractivity contribution in [3.8, 4) is 0 Å². The molecule has 0 spiro atoms. The van der Waals surface area contributed by atoms with Gasteiger partial charge in [-0.15, -0.1) is 0 Å². The predicted molar refractivity (Wildman–Crippen MR) is 91.6 cm³/mol. The lowest BCUT2D eigenvalue weighted by molar-refractivity contribution is -0.127. The summed E-state index contributed by atoms with van der Waals surface area (Å²) in [4.78, 5) is 24.0. The van der Waals surface area contributed by atoms with Crippen LogP contribution >= 0.6 is 0 Å². The van der Waals surface area contributed by atoms with E-state index in [1.54, 1.807) is 41.2 Å². The van der Waals surface area contributed by atoms with Crippen molar-refractivity contribution in [2.75, 3.05) is 0 Å². The molecule has 6 heteroatoms. The van der Waals surface area contributed by atoms with Crippen LogP contribution in [0.5, 0.6) is 0 Å². The second-order valence-electron chi connectivity index (χ2n) is 5.51. The van der Waals surface area contributed by atoms with Gasteiger partial charge in [0.15, 0.2) is 0 Å². The molecule has 1 atom stereocenters. The quantitative estimate of drug-likeness (QED) is 0.700. The van der Waals surface area contributed by atoms with Crippen LogP contribution in [-0.4, -0.2) is 21.7 Å². The fourth-order valence-electron chi connectivity index (χ4n) is 2.42. The van der Waals surface area contributed by atoms with Crippen molar-refractivity contribution in [3.63, 3.8) is 0 Å². The van der Waals surface area contributed by atoms with Gasteiger partial charge in [-0.1, -0.05) is 60.7 Å². The van der Waals surface area contributed by atoms with Crippen LogP contribution in [0.25, 0.3) is 0 Å². The zero-order valence-corrected chi connectivity index (χ0v) is 13.4. The van der Waals surface area contributed by atoms with Crippen LogP contribution in [0.1, 0.15) is 27.6 Å². The van der Waals surface area contributed by atoms with Crippen molar-refractivity contribution in [1.82, 2.24) is 9.78 Å². The molecule has 126 valence electrons. The number of primary amides is 1. The monoisotopic (exact) mass is 335 g/mol. The molecule has 2 N–H and O–H groups in total. The van der Waals surface area contributed by atoms with Gasteiger partial charge in [0.25, 0.3) is 5.91 Å². The second kappa shape index (κ2) is 7.44. The van der Waals surface area contributed by atoms with E-state index in [1.165, 1.54) is 6.20 Å². The average Bonchev–Trinajstić information content (AvgIpc) is 3.09. The third-order valence-corrected chi connectivity index (χ3v) is 3.64. The maximum atomic E-state index is 12.3. The number of amides is 1. The lowest BCUT2D eigenvalue weighted by Gasteiger charge is -2.14. The molecule has 3 aromatic rings. The van der Waals surface area contributed by atoms with Gasteiger partial charge in [0.05, 0.1) is 18.3 Å². The van der Waals surface area contributed by atoms with E-state index in [4.69, 9.17) is 10.5 Å². The molecule has 1 aromatic heterocycles. The first-order valence-corrected chi connectivity index (χ1v) is 7.75. The highest BCUT2D eigenvalue weighted by atomic mass is 16.5. The summed E-state index contributed by atoms with van der Waals surface area (Å²) in [5, 5.41) is 4.16. The first-order chi connectivity index (χ1) is 12.1. The lowest BCUT2D eigenvalue weighted by Crippen LogP contribution is -2.26. The van der Waals surface area contributed by atoms with Crippen molar-refractivity contribution < 1.29 is 14.3 Å². The van der Waals surface area contributed by atoms with Gasteiger partial charge in [0.2, 0.25) is 6.10 Å². The molecule has 6 nitrogen and oxygen atoms in total. The molecule has 1 heterocycles. The van der Waals surface area contributed by atoms with Crippen LogP contribution < -0.4 is 5.73 Å². The Kier molecular flexibility index (Phi) is 4.89. The van der Waals surface area contributed by atoms with Gasteiger partial charge in [-0.25, -0.2) is 4.79 Å². The molecule has 0 aliphatic heterocycles. The molecule has 3 rings (SSSR count). The summed E-state index contributed by atoms with van der Waals surface area (Å²) in [7, 11) is 0. The van der Waals surface area contributed by atoms with Crippen LogP contribution in [-0.2, 0) is 16.1 Å². The van der Waals surface area contributed by atoms with Crippen LogP contribution in [0.3, 0.4) is 0 Å². The number of hydrogen-bond donors (Lipinski definition) is 1. The first kappa shape index (κ1) is 16.4. The van der Waals surface area contributed by atoms with Crippen LogP contribution in [0.4, 0.5) is 0 Å². The SMILES string of the molecule is NC(=O)C(OC(=O)c1cnn(Cc2ccccc2)c1)c1ccccc1. The Bertz CT molecular complexity index is 860. The van der Waals surface area contributed by atoms with Gasteiger partial charge in [-0.05, 0) is 5.56 Å². The van der Waals surface area contributed by atoms with E-state index in [-0.39, 0.29) is 5.56 Å². The number of esters is 1. The highest BCUT2D eigenvalue weighted by Crippen LogP contribution is 2.18. The molecule has 0 saturated carbocycles. The number of ether oxygens (including phenoxy) is 1. The van der Waals surface area contributed by atoms with Gasteiger partial charge < -0.3 is 10.5 Å². The van der Waals surface area contributed by atoms with E-state index < -0.39 is 18.0 Å². The predicted octanol–water partition coefficient (Wildman–Crippen LogP) is 2.31. The van der Waals surface area contributed by atoms with Crippen molar-refractivity contribution in [2.24, 2.45) is 5.73 Å². The number of rotatable bonds is 6. The number of nitrogens with two attached hydrogens (primary N) is 1. The number of nitrogens with zero attached hydrogens (tertiary/aromatic N) is 2. The third kappa shape index (κ3) is 4.11. The van der Waals surface area contributed by atoms with E-state index in [0.717, 1.165) is 5.56 Å². The van der Waals surface area contributed by atoms with E-state index in [2.05, 4.69) is 5.10 Å². The van der Waals surface area contributed by atoms with Crippen LogP contribution in [0.15, 0.2) is 73.1 Å². The maximum absolute atomic E-state index is 12.3. The molecule has 1 unspecified atom stereocenters. The van der Waals surface area contributed by atoms with Gasteiger partial charge in [0.1, 0.15) is 0 Å². The largest absolute Gasteiger partial charge is 0.444 e. The van der Waals surface area contributed by atoms with Crippen LogP contribution in [0.2, 0.25) is 0 Å². The molecule has 0 radical (unpaired) electrons. The van der Waals surface area contributed by atoms with E-state index in [1.807, 2.05) is 30.3 Å². The Labute approximate surface area is 144 Å². The zero-order chi connectivity index (χ0) is 17.6. The molecular weight excluding hydrogens is 318 g/mol. The normalized spacial score (nSPS) is 11.7.